The molecule has 0 saturated heterocycles. The van der Waals surface area contributed by atoms with Crippen molar-refractivity contribution < 1.29 is 9.90 Å². The molecule has 0 aromatic heterocycles. The first-order valence-electron chi connectivity index (χ1n) is 5.79. The van der Waals surface area contributed by atoms with E-state index in [9.17, 15) is 4.79 Å². The minimum Gasteiger partial charge on any atom is -0.481 e. The molecule has 2 atom stereocenters. The van der Waals surface area contributed by atoms with Crippen molar-refractivity contribution in [3.05, 3.63) is 0 Å². The number of aliphatic carboxylic acids is 1. The summed E-state index contributed by atoms with van der Waals surface area (Å²) in [6.45, 7) is 8.31. The van der Waals surface area contributed by atoms with Crippen LogP contribution in [0.15, 0.2) is 0 Å². The zero-order valence-corrected chi connectivity index (χ0v) is 10.4. The summed E-state index contributed by atoms with van der Waals surface area (Å²) in [5.41, 5.74) is 5.76. The van der Waals surface area contributed by atoms with Gasteiger partial charge in [0.15, 0.2) is 0 Å². The largest absolute Gasteiger partial charge is 0.481 e. The number of carboxylic acids is 1. The van der Waals surface area contributed by atoms with Gasteiger partial charge < -0.3 is 10.8 Å². The van der Waals surface area contributed by atoms with Crippen LogP contribution in [-0.2, 0) is 4.79 Å². The molecule has 3 N–H and O–H groups in total. The molecule has 0 heterocycles. The molecule has 0 saturated carbocycles. The Morgan fingerprint density at radius 2 is 2.00 bits per heavy atom. The summed E-state index contributed by atoms with van der Waals surface area (Å²) < 4.78 is 0. The maximum absolute atomic E-state index is 10.8. The molecular weight excluding hydrogens is 190 g/mol. The highest BCUT2D eigenvalue weighted by atomic mass is 16.4. The lowest BCUT2D eigenvalue weighted by Gasteiger charge is -2.34. The van der Waals surface area contributed by atoms with Gasteiger partial charge in [0.2, 0.25) is 0 Å². The molecule has 0 fully saturated rings. The van der Waals surface area contributed by atoms with Crippen LogP contribution in [0.25, 0.3) is 0 Å². The highest BCUT2D eigenvalue weighted by molar-refractivity contribution is 5.67. The average Bonchev–Trinajstić information content (AvgIpc) is 2.12. The summed E-state index contributed by atoms with van der Waals surface area (Å²) in [5.74, 6) is -0.146. The summed E-state index contributed by atoms with van der Waals surface area (Å²) in [6, 6.07) is -0.0210. The molecule has 3 heteroatoms. The minimum atomic E-state index is -0.745. The maximum Gasteiger partial charge on any atom is 0.303 e. The van der Waals surface area contributed by atoms with Crippen LogP contribution >= 0.6 is 0 Å². The molecule has 0 aliphatic rings. The molecule has 90 valence electrons. The van der Waals surface area contributed by atoms with Gasteiger partial charge in [-0.1, -0.05) is 34.1 Å². The molecule has 0 aliphatic carbocycles. The predicted octanol–water partition coefficient (Wildman–Crippen LogP) is 2.64. The first-order chi connectivity index (χ1) is 6.81. The van der Waals surface area contributed by atoms with E-state index in [1.807, 2.05) is 13.8 Å². The quantitative estimate of drug-likeness (QED) is 0.686. The Balaban J connectivity index is 4.46. The Hall–Kier alpha value is -0.570. The van der Waals surface area contributed by atoms with Crippen molar-refractivity contribution in [1.82, 2.24) is 0 Å². The Kier molecular flexibility index (Phi) is 5.88. The van der Waals surface area contributed by atoms with E-state index in [1.165, 1.54) is 0 Å². The third kappa shape index (κ3) is 5.17. The first-order valence-corrected chi connectivity index (χ1v) is 5.79. The van der Waals surface area contributed by atoms with E-state index in [-0.39, 0.29) is 17.9 Å². The fraction of sp³-hybridized carbons (Fsp3) is 0.917. The number of rotatable bonds is 7. The van der Waals surface area contributed by atoms with Gasteiger partial charge in [-0.25, -0.2) is 0 Å². The molecule has 15 heavy (non-hydrogen) atoms. The van der Waals surface area contributed by atoms with Crippen molar-refractivity contribution in [3.63, 3.8) is 0 Å². The van der Waals surface area contributed by atoms with E-state index in [2.05, 4.69) is 13.8 Å². The normalized spacial score (nSPS) is 17.5. The molecule has 0 bridgehead atoms. The van der Waals surface area contributed by atoms with Gasteiger partial charge in [-0.3, -0.25) is 4.79 Å². The van der Waals surface area contributed by atoms with Gasteiger partial charge in [-0.2, -0.15) is 0 Å². The number of carbonyl (C=O) groups is 1. The van der Waals surface area contributed by atoms with Gasteiger partial charge in [0.05, 0.1) is 6.42 Å². The lowest BCUT2D eigenvalue weighted by molar-refractivity contribution is -0.140. The molecule has 0 aromatic carbocycles. The molecule has 0 rings (SSSR count). The zero-order chi connectivity index (χ0) is 12.1. The van der Waals surface area contributed by atoms with Gasteiger partial charge in [-0.15, -0.1) is 0 Å². The van der Waals surface area contributed by atoms with Crippen LogP contribution in [0.1, 0.15) is 53.4 Å². The molecule has 0 aliphatic heterocycles. The van der Waals surface area contributed by atoms with Gasteiger partial charge in [0.25, 0.3) is 0 Å². The standard InChI is InChI=1S/C12H25NO2/c1-5-10(13)12(4,8-11(14)15)7-6-9(2)3/h9-10H,5-8,13H2,1-4H3,(H,14,15). The van der Waals surface area contributed by atoms with E-state index in [0.29, 0.717) is 5.92 Å². The summed E-state index contributed by atoms with van der Waals surface area (Å²) in [5, 5.41) is 8.90. The molecule has 0 spiro atoms. The molecule has 0 radical (unpaired) electrons. The first kappa shape index (κ1) is 14.4. The fourth-order valence-electron chi connectivity index (χ4n) is 1.86. The smallest absolute Gasteiger partial charge is 0.303 e. The van der Waals surface area contributed by atoms with Crippen molar-refractivity contribution in [2.75, 3.05) is 0 Å². The van der Waals surface area contributed by atoms with Crippen molar-refractivity contribution in [2.45, 2.75) is 59.4 Å². The SMILES string of the molecule is CCC(N)C(C)(CCC(C)C)CC(=O)O. The molecule has 2 unspecified atom stereocenters. The van der Waals surface area contributed by atoms with E-state index >= 15 is 0 Å². The predicted molar refractivity (Wildman–Crippen MR) is 62.7 cm³/mol. The van der Waals surface area contributed by atoms with Crippen molar-refractivity contribution in [1.29, 1.82) is 0 Å². The van der Waals surface area contributed by atoms with Crippen molar-refractivity contribution in [2.24, 2.45) is 17.1 Å². The number of nitrogens with two attached hydrogens (primary N) is 1. The lowest BCUT2D eigenvalue weighted by Crippen LogP contribution is -2.41. The molecular formula is C12H25NO2. The van der Waals surface area contributed by atoms with E-state index < -0.39 is 5.97 Å². The average molecular weight is 215 g/mol. The van der Waals surface area contributed by atoms with Gasteiger partial charge >= 0.3 is 5.97 Å². The monoisotopic (exact) mass is 215 g/mol. The maximum atomic E-state index is 10.8. The Morgan fingerprint density at radius 3 is 2.33 bits per heavy atom. The highest BCUT2D eigenvalue weighted by Crippen LogP contribution is 2.33. The van der Waals surface area contributed by atoms with Crippen LogP contribution in [0.4, 0.5) is 0 Å². The molecule has 0 amide bonds. The second-order valence-electron chi connectivity index (χ2n) is 5.17. The van der Waals surface area contributed by atoms with Crippen LogP contribution < -0.4 is 5.73 Å². The molecule has 0 aromatic rings. The minimum absolute atomic E-state index is 0.0210. The Bertz CT molecular complexity index is 204. The number of hydrogen-bond donors (Lipinski definition) is 2. The number of carboxylic acid groups (broad SMARTS) is 1. The van der Waals surface area contributed by atoms with E-state index in [1.54, 1.807) is 0 Å². The molecule has 3 nitrogen and oxygen atoms in total. The fourth-order valence-corrected chi connectivity index (χ4v) is 1.86. The van der Waals surface area contributed by atoms with Crippen LogP contribution in [0, 0.1) is 11.3 Å². The van der Waals surface area contributed by atoms with Gasteiger partial charge in [0, 0.05) is 6.04 Å². The second kappa shape index (κ2) is 6.11. The summed E-state index contributed by atoms with van der Waals surface area (Å²) in [7, 11) is 0. The van der Waals surface area contributed by atoms with Crippen LogP contribution in [0.5, 0.6) is 0 Å². The highest BCUT2D eigenvalue weighted by Gasteiger charge is 2.32. The lowest BCUT2D eigenvalue weighted by atomic mass is 9.74. The van der Waals surface area contributed by atoms with Crippen molar-refractivity contribution in [3.8, 4) is 0 Å². The van der Waals surface area contributed by atoms with Crippen molar-refractivity contribution >= 4 is 5.97 Å². The van der Waals surface area contributed by atoms with Gasteiger partial charge in [0.1, 0.15) is 0 Å². The second-order valence-corrected chi connectivity index (χ2v) is 5.17. The van der Waals surface area contributed by atoms with Crippen LogP contribution in [0.2, 0.25) is 0 Å². The Labute approximate surface area is 93.0 Å². The Morgan fingerprint density at radius 1 is 1.47 bits per heavy atom. The topological polar surface area (TPSA) is 63.3 Å². The zero-order valence-electron chi connectivity index (χ0n) is 10.4. The number of hydrogen-bond acceptors (Lipinski definition) is 2. The van der Waals surface area contributed by atoms with E-state index in [0.717, 1.165) is 19.3 Å². The summed E-state index contributed by atoms with van der Waals surface area (Å²) >= 11 is 0. The van der Waals surface area contributed by atoms with E-state index in [4.69, 9.17) is 10.8 Å². The van der Waals surface area contributed by atoms with Gasteiger partial charge in [-0.05, 0) is 24.2 Å². The van der Waals surface area contributed by atoms with Crippen LogP contribution in [-0.4, -0.2) is 17.1 Å². The third-order valence-corrected chi connectivity index (χ3v) is 3.18. The van der Waals surface area contributed by atoms with Crippen LogP contribution in [0.3, 0.4) is 0 Å². The summed E-state index contributed by atoms with van der Waals surface area (Å²) in [4.78, 5) is 10.8. The summed E-state index contributed by atoms with van der Waals surface area (Å²) in [6.07, 6.45) is 2.94. The third-order valence-electron chi connectivity index (χ3n) is 3.18.